The average molecular weight is 337 g/mol. The summed E-state index contributed by atoms with van der Waals surface area (Å²) >= 11 is 0. The first-order chi connectivity index (χ1) is 10.5. The largest absolute Gasteiger partial charge is 0.496 e. The molecule has 0 atom stereocenters. The molecule has 2 rings (SSSR count). The van der Waals surface area contributed by atoms with Gasteiger partial charge in [-0.25, -0.2) is 4.98 Å². The predicted molar refractivity (Wildman–Crippen MR) is 95.2 cm³/mol. The molecule has 0 unspecified atom stereocenters. The van der Waals surface area contributed by atoms with Crippen molar-refractivity contribution in [1.82, 2.24) is 9.97 Å². The number of nitrogens with two attached hydrogens (primary N) is 2. The van der Waals surface area contributed by atoms with Crippen molar-refractivity contribution >= 4 is 29.7 Å². The molecule has 0 amide bonds. The molecule has 0 saturated carbocycles. The van der Waals surface area contributed by atoms with Gasteiger partial charge in [0.1, 0.15) is 17.3 Å². The fourth-order valence-electron chi connectivity index (χ4n) is 2.28. The van der Waals surface area contributed by atoms with Crippen LogP contribution in [0.4, 0.5) is 11.8 Å². The second kappa shape index (κ2) is 7.69. The van der Waals surface area contributed by atoms with E-state index in [4.69, 9.17) is 20.9 Å². The highest BCUT2D eigenvalue weighted by Crippen LogP contribution is 2.36. The molecule has 1 aromatic heterocycles. The van der Waals surface area contributed by atoms with Crippen LogP contribution in [0.15, 0.2) is 24.9 Å². The SMILES string of the molecule is C=C(C)c1c(OC)cc(Cc2cnc(N)nc2N)cc1OC.Cl. The summed E-state index contributed by atoms with van der Waals surface area (Å²) in [4.78, 5) is 7.95. The summed E-state index contributed by atoms with van der Waals surface area (Å²) in [5, 5.41) is 0. The number of rotatable bonds is 5. The van der Waals surface area contributed by atoms with Gasteiger partial charge >= 0.3 is 0 Å². The van der Waals surface area contributed by atoms with Crippen molar-refractivity contribution in [3.8, 4) is 11.5 Å². The lowest BCUT2D eigenvalue weighted by Gasteiger charge is -2.15. The van der Waals surface area contributed by atoms with Gasteiger partial charge < -0.3 is 20.9 Å². The molecule has 0 spiro atoms. The summed E-state index contributed by atoms with van der Waals surface area (Å²) in [6.07, 6.45) is 2.18. The van der Waals surface area contributed by atoms with Crippen LogP contribution in [0.25, 0.3) is 5.57 Å². The third-order valence-electron chi connectivity index (χ3n) is 3.30. The second-order valence-electron chi connectivity index (χ2n) is 4.97. The second-order valence-corrected chi connectivity index (χ2v) is 4.97. The van der Waals surface area contributed by atoms with E-state index in [1.807, 2.05) is 19.1 Å². The molecule has 124 valence electrons. The number of benzene rings is 1. The molecule has 0 aliphatic rings. The van der Waals surface area contributed by atoms with Crippen LogP contribution in [0.3, 0.4) is 0 Å². The zero-order valence-corrected chi connectivity index (χ0v) is 14.2. The Morgan fingerprint density at radius 1 is 1.17 bits per heavy atom. The minimum atomic E-state index is 0. The van der Waals surface area contributed by atoms with E-state index in [-0.39, 0.29) is 18.4 Å². The van der Waals surface area contributed by atoms with Crippen LogP contribution in [0, 0.1) is 0 Å². The van der Waals surface area contributed by atoms with Crippen LogP contribution in [0.5, 0.6) is 11.5 Å². The summed E-state index contributed by atoms with van der Waals surface area (Å²) in [5.74, 6) is 1.94. The van der Waals surface area contributed by atoms with Gasteiger partial charge in [-0.1, -0.05) is 6.58 Å². The van der Waals surface area contributed by atoms with Gasteiger partial charge in [-0.3, -0.25) is 0 Å². The van der Waals surface area contributed by atoms with E-state index in [0.29, 0.717) is 23.7 Å². The van der Waals surface area contributed by atoms with E-state index in [1.54, 1.807) is 20.4 Å². The minimum absolute atomic E-state index is 0. The van der Waals surface area contributed by atoms with Gasteiger partial charge in [0.05, 0.1) is 19.8 Å². The molecule has 1 heterocycles. The number of allylic oxidation sites excluding steroid dienone is 1. The predicted octanol–water partition coefficient (Wildman–Crippen LogP) is 2.70. The molecule has 0 fully saturated rings. The Balaban J connectivity index is 0.00000264. The lowest BCUT2D eigenvalue weighted by molar-refractivity contribution is 0.391. The smallest absolute Gasteiger partial charge is 0.221 e. The van der Waals surface area contributed by atoms with E-state index in [2.05, 4.69) is 16.5 Å². The van der Waals surface area contributed by atoms with Gasteiger partial charge in [0.25, 0.3) is 0 Å². The standard InChI is InChI=1S/C16H20N4O2.ClH/c1-9(2)14-12(21-3)6-10(7-13(14)22-4)5-11-8-19-16(18)20-15(11)17;/h6-8H,1,5H2,2-4H3,(H4,17,18,19,20);1H. The number of methoxy groups -OCH3 is 2. The first-order valence-electron chi connectivity index (χ1n) is 6.74. The number of hydrogen-bond donors (Lipinski definition) is 2. The van der Waals surface area contributed by atoms with Gasteiger partial charge in [0, 0.05) is 18.2 Å². The Kier molecular flexibility index (Phi) is 6.21. The van der Waals surface area contributed by atoms with E-state index in [9.17, 15) is 0 Å². The monoisotopic (exact) mass is 336 g/mol. The molecule has 1 aromatic carbocycles. The number of nitrogen functional groups attached to an aromatic ring is 2. The van der Waals surface area contributed by atoms with Crippen molar-refractivity contribution < 1.29 is 9.47 Å². The van der Waals surface area contributed by atoms with Crippen molar-refractivity contribution in [3.05, 3.63) is 41.6 Å². The van der Waals surface area contributed by atoms with Crippen LogP contribution in [0.2, 0.25) is 0 Å². The topological polar surface area (TPSA) is 96.3 Å². The first-order valence-corrected chi connectivity index (χ1v) is 6.74. The quantitative estimate of drug-likeness (QED) is 0.871. The lowest BCUT2D eigenvalue weighted by atomic mass is 10.00. The number of hydrogen-bond acceptors (Lipinski definition) is 6. The van der Waals surface area contributed by atoms with Crippen LogP contribution in [0.1, 0.15) is 23.6 Å². The third kappa shape index (κ3) is 4.04. The highest BCUT2D eigenvalue weighted by molar-refractivity contribution is 5.85. The molecular formula is C16H21ClN4O2. The number of halogens is 1. The maximum absolute atomic E-state index is 5.88. The fourth-order valence-corrected chi connectivity index (χ4v) is 2.28. The van der Waals surface area contributed by atoms with E-state index in [1.165, 1.54) is 0 Å². The number of aromatic nitrogens is 2. The Hall–Kier alpha value is -2.47. The molecule has 23 heavy (non-hydrogen) atoms. The zero-order chi connectivity index (χ0) is 16.3. The number of nitrogens with zero attached hydrogens (tertiary/aromatic N) is 2. The fraction of sp³-hybridized carbons (Fsp3) is 0.250. The third-order valence-corrected chi connectivity index (χ3v) is 3.30. The molecule has 4 N–H and O–H groups in total. The van der Waals surface area contributed by atoms with E-state index < -0.39 is 0 Å². The Labute approximate surface area is 141 Å². The van der Waals surface area contributed by atoms with Gasteiger partial charge in [-0.05, 0) is 30.2 Å². The van der Waals surface area contributed by atoms with Gasteiger partial charge in [-0.15, -0.1) is 12.4 Å². The summed E-state index contributed by atoms with van der Waals surface area (Å²) in [6.45, 7) is 5.87. The summed E-state index contributed by atoms with van der Waals surface area (Å²) in [7, 11) is 3.23. The maximum atomic E-state index is 5.88. The summed E-state index contributed by atoms with van der Waals surface area (Å²) in [6, 6.07) is 3.87. The van der Waals surface area contributed by atoms with Crippen LogP contribution >= 0.6 is 12.4 Å². The first kappa shape index (κ1) is 18.6. The molecule has 6 nitrogen and oxygen atoms in total. The van der Waals surface area contributed by atoms with Crippen molar-refractivity contribution in [2.75, 3.05) is 25.7 Å². The van der Waals surface area contributed by atoms with Crippen molar-refractivity contribution in [1.29, 1.82) is 0 Å². The molecule has 0 bridgehead atoms. The molecule has 0 saturated heterocycles. The highest BCUT2D eigenvalue weighted by Gasteiger charge is 2.14. The number of ether oxygens (including phenoxy) is 2. The van der Waals surface area contributed by atoms with Crippen molar-refractivity contribution in [2.45, 2.75) is 13.3 Å². The van der Waals surface area contributed by atoms with E-state index in [0.717, 1.165) is 22.3 Å². The maximum Gasteiger partial charge on any atom is 0.221 e. The van der Waals surface area contributed by atoms with Crippen molar-refractivity contribution in [3.63, 3.8) is 0 Å². The van der Waals surface area contributed by atoms with Crippen LogP contribution < -0.4 is 20.9 Å². The highest BCUT2D eigenvalue weighted by atomic mass is 35.5. The van der Waals surface area contributed by atoms with Crippen molar-refractivity contribution in [2.24, 2.45) is 0 Å². The molecule has 0 aliphatic carbocycles. The van der Waals surface area contributed by atoms with Gasteiger partial charge in [0.15, 0.2) is 0 Å². The summed E-state index contributed by atoms with van der Waals surface area (Å²) in [5.41, 5.74) is 14.9. The Bertz CT molecular complexity index is 694. The number of anilines is 2. The molecular weight excluding hydrogens is 316 g/mol. The van der Waals surface area contributed by atoms with Crippen LogP contribution in [-0.4, -0.2) is 24.2 Å². The molecule has 7 heteroatoms. The molecule has 2 aromatic rings. The zero-order valence-electron chi connectivity index (χ0n) is 13.4. The van der Waals surface area contributed by atoms with Gasteiger partial charge in [0.2, 0.25) is 5.95 Å². The van der Waals surface area contributed by atoms with E-state index >= 15 is 0 Å². The Morgan fingerprint density at radius 2 is 1.74 bits per heavy atom. The van der Waals surface area contributed by atoms with Gasteiger partial charge in [-0.2, -0.15) is 4.98 Å². The van der Waals surface area contributed by atoms with Crippen LogP contribution in [-0.2, 0) is 6.42 Å². The average Bonchev–Trinajstić information content (AvgIpc) is 2.48. The lowest BCUT2D eigenvalue weighted by Crippen LogP contribution is -2.04. The normalized spacial score (nSPS) is 9.87. The minimum Gasteiger partial charge on any atom is -0.496 e. The molecule has 0 radical (unpaired) electrons. The Morgan fingerprint density at radius 3 is 2.17 bits per heavy atom. The molecule has 0 aliphatic heterocycles. The summed E-state index contributed by atoms with van der Waals surface area (Å²) < 4.78 is 10.9.